The lowest BCUT2D eigenvalue weighted by molar-refractivity contribution is 0.483. The van der Waals surface area contributed by atoms with Gasteiger partial charge in [-0.25, -0.2) is 4.98 Å². The molecule has 3 aromatic rings. The zero-order valence-corrected chi connectivity index (χ0v) is 12.8. The van der Waals surface area contributed by atoms with Crippen LogP contribution >= 0.6 is 11.3 Å². The summed E-state index contributed by atoms with van der Waals surface area (Å²) in [6.07, 6.45) is 2.35. The van der Waals surface area contributed by atoms with E-state index >= 15 is 0 Å². The van der Waals surface area contributed by atoms with Crippen molar-refractivity contribution in [2.45, 2.75) is 19.8 Å². The Labute approximate surface area is 128 Å². The standard InChI is InChI=1S/C17H18N2OS/c1-2-3-11-18-17-19-15-10-9-14(12-16(15)21-17)20-13-7-5-4-6-8-13/h4-10,12H,2-3,11H2,1H3,(H,18,19). The van der Waals surface area contributed by atoms with Crippen LogP contribution in [0, 0.1) is 0 Å². The van der Waals surface area contributed by atoms with Crippen LogP contribution in [-0.4, -0.2) is 11.5 Å². The smallest absolute Gasteiger partial charge is 0.183 e. The minimum atomic E-state index is 0.845. The molecule has 0 unspecified atom stereocenters. The van der Waals surface area contributed by atoms with Crippen LogP contribution in [0.25, 0.3) is 10.2 Å². The molecule has 1 N–H and O–H groups in total. The van der Waals surface area contributed by atoms with Crippen molar-refractivity contribution in [3.05, 3.63) is 48.5 Å². The van der Waals surface area contributed by atoms with Gasteiger partial charge in [0.2, 0.25) is 0 Å². The summed E-state index contributed by atoms with van der Waals surface area (Å²) in [5.74, 6) is 1.69. The van der Waals surface area contributed by atoms with Gasteiger partial charge < -0.3 is 10.1 Å². The summed E-state index contributed by atoms with van der Waals surface area (Å²) in [4.78, 5) is 4.58. The highest BCUT2D eigenvalue weighted by molar-refractivity contribution is 7.22. The molecule has 0 bridgehead atoms. The summed E-state index contributed by atoms with van der Waals surface area (Å²) >= 11 is 1.67. The van der Waals surface area contributed by atoms with Crippen LogP contribution in [0.3, 0.4) is 0 Å². The first kappa shape index (κ1) is 13.9. The first-order valence-corrected chi connectivity index (χ1v) is 8.04. The van der Waals surface area contributed by atoms with Crippen molar-refractivity contribution >= 4 is 26.7 Å². The predicted octanol–water partition coefficient (Wildman–Crippen LogP) is 5.30. The lowest BCUT2D eigenvalue weighted by Gasteiger charge is -2.04. The van der Waals surface area contributed by atoms with Crippen LogP contribution in [0.15, 0.2) is 48.5 Å². The van der Waals surface area contributed by atoms with Gasteiger partial charge in [-0.15, -0.1) is 0 Å². The molecule has 0 atom stereocenters. The van der Waals surface area contributed by atoms with E-state index in [1.54, 1.807) is 11.3 Å². The lowest BCUT2D eigenvalue weighted by Crippen LogP contribution is -1.99. The maximum Gasteiger partial charge on any atom is 0.183 e. The number of aromatic nitrogens is 1. The van der Waals surface area contributed by atoms with E-state index < -0.39 is 0 Å². The van der Waals surface area contributed by atoms with E-state index in [0.29, 0.717) is 0 Å². The number of para-hydroxylation sites is 1. The molecule has 0 saturated carbocycles. The molecule has 4 heteroatoms. The fraction of sp³-hybridized carbons (Fsp3) is 0.235. The summed E-state index contributed by atoms with van der Waals surface area (Å²) in [6, 6.07) is 15.8. The molecule has 0 fully saturated rings. The highest BCUT2D eigenvalue weighted by Gasteiger charge is 2.05. The Hall–Kier alpha value is -2.07. The zero-order valence-electron chi connectivity index (χ0n) is 12.0. The summed E-state index contributed by atoms with van der Waals surface area (Å²) in [6.45, 7) is 3.16. The number of hydrogen-bond donors (Lipinski definition) is 1. The van der Waals surface area contributed by atoms with E-state index in [9.17, 15) is 0 Å². The quantitative estimate of drug-likeness (QED) is 0.627. The average molecular weight is 298 g/mol. The summed E-state index contributed by atoms with van der Waals surface area (Å²) in [7, 11) is 0. The average Bonchev–Trinajstić information content (AvgIpc) is 2.90. The number of rotatable bonds is 6. The van der Waals surface area contributed by atoms with Crippen molar-refractivity contribution in [3.63, 3.8) is 0 Å². The van der Waals surface area contributed by atoms with Crippen molar-refractivity contribution in [2.24, 2.45) is 0 Å². The summed E-state index contributed by atoms with van der Waals surface area (Å²) < 4.78 is 6.99. The predicted molar refractivity (Wildman–Crippen MR) is 89.5 cm³/mol. The third kappa shape index (κ3) is 3.52. The molecular formula is C17H18N2OS. The largest absolute Gasteiger partial charge is 0.457 e. The van der Waals surface area contributed by atoms with E-state index in [-0.39, 0.29) is 0 Å². The van der Waals surface area contributed by atoms with Gasteiger partial charge in [0.25, 0.3) is 0 Å². The number of anilines is 1. The second-order valence-electron chi connectivity index (χ2n) is 4.84. The Morgan fingerprint density at radius 1 is 1.10 bits per heavy atom. The van der Waals surface area contributed by atoms with Crippen molar-refractivity contribution in [1.82, 2.24) is 4.98 Å². The Kier molecular flexibility index (Phi) is 4.36. The highest BCUT2D eigenvalue weighted by Crippen LogP contribution is 2.31. The monoisotopic (exact) mass is 298 g/mol. The van der Waals surface area contributed by atoms with Crippen LogP contribution in [0.5, 0.6) is 11.5 Å². The molecule has 0 aliphatic carbocycles. The normalized spacial score (nSPS) is 10.7. The van der Waals surface area contributed by atoms with Crippen LogP contribution in [-0.2, 0) is 0 Å². The molecule has 3 rings (SSSR count). The van der Waals surface area contributed by atoms with Gasteiger partial charge in [-0.05, 0) is 30.7 Å². The second-order valence-corrected chi connectivity index (χ2v) is 5.87. The fourth-order valence-corrected chi connectivity index (χ4v) is 2.96. The molecule has 1 heterocycles. The van der Waals surface area contributed by atoms with E-state index in [1.807, 2.05) is 48.5 Å². The Morgan fingerprint density at radius 3 is 2.76 bits per heavy atom. The van der Waals surface area contributed by atoms with Crippen molar-refractivity contribution in [2.75, 3.05) is 11.9 Å². The fourth-order valence-electron chi connectivity index (χ4n) is 2.04. The minimum absolute atomic E-state index is 0.845. The first-order valence-electron chi connectivity index (χ1n) is 7.22. The van der Waals surface area contributed by atoms with E-state index in [0.717, 1.165) is 39.8 Å². The Morgan fingerprint density at radius 2 is 1.95 bits per heavy atom. The molecule has 2 aromatic carbocycles. The molecule has 0 spiro atoms. The van der Waals surface area contributed by atoms with E-state index in [4.69, 9.17) is 4.74 Å². The number of benzene rings is 2. The molecule has 0 saturated heterocycles. The molecule has 1 aromatic heterocycles. The third-order valence-electron chi connectivity index (χ3n) is 3.15. The van der Waals surface area contributed by atoms with Crippen LogP contribution in [0.4, 0.5) is 5.13 Å². The van der Waals surface area contributed by atoms with Crippen LogP contribution < -0.4 is 10.1 Å². The number of hydrogen-bond acceptors (Lipinski definition) is 4. The molecule has 108 valence electrons. The molecule has 3 nitrogen and oxygen atoms in total. The highest BCUT2D eigenvalue weighted by atomic mass is 32.1. The van der Waals surface area contributed by atoms with Gasteiger partial charge >= 0.3 is 0 Å². The van der Waals surface area contributed by atoms with Gasteiger partial charge in [-0.3, -0.25) is 0 Å². The second kappa shape index (κ2) is 6.59. The van der Waals surface area contributed by atoms with E-state index in [2.05, 4.69) is 17.2 Å². The van der Waals surface area contributed by atoms with Gasteiger partial charge in [-0.2, -0.15) is 0 Å². The van der Waals surface area contributed by atoms with Gasteiger partial charge in [-0.1, -0.05) is 42.9 Å². The minimum Gasteiger partial charge on any atom is -0.457 e. The van der Waals surface area contributed by atoms with Gasteiger partial charge in [0, 0.05) is 12.6 Å². The summed E-state index contributed by atoms with van der Waals surface area (Å²) in [5, 5.41) is 4.35. The number of nitrogens with one attached hydrogen (secondary N) is 1. The number of nitrogens with zero attached hydrogens (tertiary/aromatic N) is 1. The van der Waals surface area contributed by atoms with Crippen molar-refractivity contribution in [3.8, 4) is 11.5 Å². The number of ether oxygens (including phenoxy) is 1. The molecule has 0 amide bonds. The van der Waals surface area contributed by atoms with E-state index in [1.165, 1.54) is 6.42 Å². The zero-order chi connectivity index (χ0) is 14.5. The molecule has 21 heavy (non-hydrogen) atoms. The van der Waals surface area contributed by atoms with Crippen LogP contribution in [0.2, 0.25) is 0 Å². The number of unbranched alkanes of at least 4 members (excludes halogenated alkanes) is 1. The van der Waals surface area contributed by atoms with Crippen molar-refractivity contribution in [1.29, 1.82) is 0 Å². The lowest BCUT2D eigenvalue weighted by atomic mass is 10.3. The number of thiazole rings is 1. The topological polar surface area (TPSA) is 34.2 Å². The molecule has 0 aliphatic rings. The number of fused-ring (bicyclic) bond motifs is 1. The molecular weight excluding hydrogens is 280 g/mol. The van der Waals surface area contributed by atoms with Gasteiger partial charge in [0.05, 0.1) is 10.2 Å². The summed E-state index contributed by atoms with van der Waals surface area (Å²) in [5.41, 5.74) is 1.01. The third-order valence-corrected chi connectivity index (χ3v) is 4.12. The molecule has 0 radical (unpaired) electrons. The first-order chi connectivity index (χ1) is 10.3. The maximum absolute atomic E-state index is 5.85. The van der Waals surface area contributed by atoms with Crippen molar-refractivity contribution < 1.29 is 4.74 Å². The Bertz CT molecular complexity index is 709. The molecule has 0 aliphatic heterocycles. The Balaban J connectivity index is 1.76. The van der Waals surface area contributed by atoms with Gasteiger partial charge in [0.1, 0.15) is 11.5 Å². The maximum atomic E-state index is 5.85. The van der Waals surface area contributed by atoms with Crippen LogP contribution in [0.1, 0.15) is 19.8 Å². The SMILES string of the molecule is CCCCNc1nc2ccc(Oc3ccccc3)cc2s1. The van der Waals surface area contributed by atoms with Gasteiger partial charge in [0.15, 0.2) is 5.13 Å².